The number of methoxy groups -OCH3 is 1. The summed E-state index contributed by atoms with van der Waals surface area (Å²) in [5.74, 6) is 2.15. The van der Waals surface area contributed by atoms with Crippen molar-refractivity contribution < 1.29 is 43.1 Å². The summed E-state index contributed by atoms with van der Waals surface area (Å²) in [6.45, 7) is 5.25. The van der Waals surface area contributed by atoms with Gasteiger partial charge in [-0.05, 0) is 67.3 Å². The molecule has 3 unspecified atom stereocenters. The van der Waals surface area contributed by atoms with E-state index in [1.165, 1.54) is 4.90 Å². The number of carbonyl (C=O) groups is 2. The molecule has 12 heteroatoms. The number of ether oxygens (including phenoxy) is 6. The standard InChI is InChI=1S/C45H55N3O9/c1-52-41-16-7-5-14-36(41)32-53-26-11-27-54-37-20-18-35(19-21-37)39-22-25-48(45(50)51)30-43(39)55-33-38-29-47(40-15-6-8-17-42(40)57-38)24-10-9-23-46-28-44(49)56-31-34-12-3-2-4-13-34/h2-8,12-21,38-39,43,46H,9-11,22-33H2,1H3,(H,50,51). The molecule has 1 saturated heterocycles. The zero-order valence-electron chi connectivity index (χ0n) is 32.8. The maximum Gasteiger partial charge on any atom is 0.407 e. The lowest BCUT2D eigenvalue weighted by Gasteiger charge is -2.40. The number of amides is 1. The zero-order chi connectivity index (χ0) is 39.7. The molecule has 4 aromatic carbocycles. The predicted molar refractivity (Wildman–Crippen MR) is 217 cm³/mol. The molecule has 2 aliphatic rings. The van der Waals surface area contributed by atoms with Crippen molar-refractivity contribution in [2.45, 2.75) is 57.0 Å². The first-order valence-corrected chi connectivity index (χ1v) is 19.9. The van der Waals surface area contributed by atoms with E-state index in [0.717, 1.165) is 65.4 Å². The van der Waals surface area contributed by atoms with Gasteiger partial charge in [-0.15, -0.1) is 0 Å². The van der Waals surface area contributed by atoms with Crippen molar-refractivity contribution in [3.63, 3.8) is 0 Å². The lowest BCUT2D eigenvalue weighted by molar-refractivity contribution is -0.143. The number of piperidine rings is 1. The van der Waals surface area contributed by atoms with Crippen LogP contribution in [0.25, 0.3) is 0 Å². The zero-order valence-corrected chi connectivity index (χ0v) is 32.8. The third-order valence-corrected chi connectivity index (χ3v) is 10.3. The Labute approximate surface area is 335 Å². The summed E-state index contributed by atoms with van der Waals surface area (Å²) in [4.78, 5) is 27.9. The highest BCUT2D eigenvalue weighted by molar-refractivity contribution is 5.71. The van der Waals surface area contributed by atoms with Crippen LogP contribution in [-0.2, 0) is 32.2 Å². The molecule has 0 spiro atoms. The minimum Gasteiger partial charge on any atom is -0.496 e. The van der Waals surface area contributed by atoms with E-state index in [4.69, 9.17) is 28.4 Å². The number of unbranched alkanes of at least 4 members (excludes halogenated alkanes) is 1. The van der Waals surface area contributed by atoms with Crippen LogP contribution in [0.15, 0.2) is 103 Å². The van der Waals surface area contributed by atoms with Crippen LogP contribution in [0.1, 0.15) is 48.3 Å². The molecule has 2 aliphatic heterocycles. The summed E-state index contributed by atoms with van der Waals surface area (Å²) >= 11 is 0. The van der Waals surface area contributed by atoms with Crippen molar-refractivity contribution in [2.75, 3.05) is 71.1 Å². The maximum atomic E-state index is 12.2. The summed E-state index contributed by atoms with van der Waals surface area (Å²) < 4.78 is 35.6. The molecule has 2 heterocycles. The Morgan fingerprint density at radius 3 is 2.47 bits per heavy atom. The van der Waals surface area contributed by atoms with E-state index in [0.29, 0.717) is 52.5 Å². The number of carboxylic acid groups (broad SMARTS) is 1. The van der Waals surface area contributed by atoms with Gasteiger partial charge in [-0.25, -0.2) is 4.79 Å². The smallest absolute Gasteiger partial charge is 0.407 e. The van der Waals surface area contributed by atoms with Crippen LogP contribution in [0.3, 0.4) is 0 Å². The van der Waals surface area contributed by atoms with Crippen LogP contribution >= 0.6 is 0 Å². The second-order valence-electron chi connectivity index (χ2n) is 14.3. The number of para-hydroxylation sites is 3. The van der Waals surface area contributed by atoms with Crippen LogP contribution in [0.4, 0.5) is 10.5 Å². The molecule has 3 atom stereocenters. The van der Waals surface area contributed by atoms with Crippen LogP contribution in [-0.4, -0.2) is 100 Å². The molecule has 0 saturated carbocycles. The molecule has 4 aromatic rings. The maximum absolute atomic E-state index is 12.2. The highest BCUT2D eigenvalue weighted by Crippen LogP contribution is 2.35. The lowest BCUT2D eigenvalue weighted by atomic mass is 9.87. The minimum absolute atomic E-state index is 0.0214. The summed E-state index contributed by atoms with van der Waals surface area (Å²) in [6, 6.07) is 33.6. The SMILES string of the molecule is COc1ccccc1COCCCOc1ccc(C2CCN(C(=O)O)CC2OCC2CN(CCCCNCC(=O)OCc3ccccc3)c3ccccc3O2)cc1. The number of fused-ring (bicyclic) bond motifs is 1. The van der Waals surface area contributed by atoms with Crippen LogP contribution in [0, 0.1) is 0 Å². The number of rotatable bonds is 21. The molecule has 6 rings (SSSR count). The Balaban J connectivity index is 0.949. The van der Waals surface area contributed by atoms with E-state index >= 15 is 0 Å². The molecule has 12 nitrogen and oxygen atoms in total. The molecular weight excluding hydrogens is 727 g/mol. The van der Waals surface area contributed by atoms with Crippen LogP contribution < -0.4 is 24.4 Å². The first kappa shape index (κ1) is 41.3. The molecule has 0 bridgehead atoms. The van der Waals surface area contributed by atoms with Crippen molar-refractivity contribution in [1.29, 1.82) is 0 Å². The second kappa shape index (κ2) is 21.9. The summed E-state index contributed by atoms with van der Waals surface area (Å²) in [6.07, 6.45) is 1.71. The van der Waals surface area contributed by atoms with Gasteiger partial charge in [-0.2, -0.15) is 0 Å². The first-order chi connectivity index (χ1) is 28.0. The van der Waals surface area contributed by atoms with Gasteiger partial charge in [0, 0.05) is 31.0 Å². The van der Waals surface area contributed by atoms with Gasteiger partial charge in [-0.3, -0.25) is 4.79 Å². The van der Waals surface area contributed by atoms with E-state index in [1.54, 1.807) is 7.11 Å². The summed E-state index contributed by atoms with van der Waals surface area (Å²) in [5.41, 5.74) is 4.11. The van der Waals surface area contributed by atoms with E-state index < -0.39 is 6.09 Å². The van der Waals surface area contributed by atoms with Crippen molar-refractivity contribution in [3.8, 4) is 17.2 Å². The number of anilines is 1. The third-order valence-electron chi connectivity index (χ3n) is 10.3. The van der Waals surface area contributed by atoms with Crippen molar-refractivity contribution >= 4 is 17.7 Å². The highest BCUT2D eigenvalue weighted by atomic mass is 16.5. The van der Waals surface area contributed by atoms with Gasteiger partial charge in [0.15, 0.2) is 0 Å². The minimum atomic E-state index is -0.940. The third kappa shape index (κ3) is 12.6. The van der Waals surface area contributed by atoms with E-state index in [1.807, 2.05) is 84.9 Å². The number of hydrogen-bond donors (Lipinski definition) is 2. The fourth-order valence-corrected chi connectivity index (χ4v) is 7.25. The Bertz CT molecular complexity index is 1830. The van der Waals surface area contributed by atoms with Crippen molar-refractivity contribution in [3.05, 3.63) is 120 Å². The Morgan fingerprint density at radius 1 is 0.860 bits per heavy atom. The molecule has 0 radical (unpaired) electrons. The second-order valence-corrected chi connectivity index (χ2v) is 14.3. The molecular formula is C45H55N3O9. The number of carbonyl (C=O) groups excluding carboxylic acids is 1. The molecule has 0 aliphatic carbocycles. The molecule has 57 heavy (non-hydrogen) atoms. The van der Waals surface area contributed by atoms with Crippen molar-refractivity contribution in [2.24, 2.45) is 0 Å². The number of likely N-dealkylation sites (tertiary alicyclic amines) is 1. The molecule has 304 valence electrons. The Morgan fingerprint density at radius 2 is 1.65 bits per heavy atom. The van der Waals surface area contributed by atoms with Gasteiger partial charge in [0.25, 0.3) is 0 Å². The molecule has 1 amide bonds. The fourth-order valence-electron chi connectivity index (χ4n) is 7.25. The Hall–Kier alpha value is -5.30. The van der Waals surface area contributed by atoms with Crippen LogP contribution in [0.2, 0.25) is 0 Å². The van der Waals surface area contributed by atoms with Gasteiger partial charge in [0.2, 0.25) is 0 Å². The van der Waals surface area contributed by atoms with Crippen molar-refractivity contribution in [1.82, 2.24) is 10.2 Å². The van der Waals surface area contributed by atoms with Crippen LogP contribution in [0.5, 0.6) is 17.2 Å². The quantitative estimate of drug-likeness (QED) is 0.0676. The molecule has 0 aromatic heterocycles. The highest BCUT2D eigenvalue weighted by Gasteiger charge is 2.35. The number of benzene rings is 4. The topological polar surface area (TPSA) is 128 Å². The van der Waals surface area contributed by atoms with E-state index in [2.05, 4.69) is 28.4 Å². The predicted octanol–water partition coefficient (Wildman–Crippen LogP) is 6.91. The van der Waals surface area contributed by atoms with Gasteiger partial charge < -0.3 is 48.6 Å². The number of hydrogen-bond acceptors (Lipinski definition) is 10. The lowest BCUT2D eigenvalue weighted by Crippen LogP contribution is -2.49. The number of nitrogens with zero attached hydrogens (tertiary/aromatic N) is 2. The number of nitrogens with one attached hydrogen (secondary N) is 1. The fraction of sp³-hybridized carbons (Fsp3) is 0.422. The molecule has 2 N–H and O–H groups in total. The molecule has 1 fully saturated rings. The monoisotopic (exact) mass is 781 g/mol. The van der Waals surface area contributed by atoms with Gasteiger partial charge in [-0.1, -0.05) is 72.8 Å². The number of esters is 1. The van der Waals surface area contributed by atoms with Gasteiger partial charge in [0.05, 0.1) is 65.0 Å². The van der Waals surface area contributed by atoms with Gasteiger partial charge in [0.1, 0.15) is 30.0 Å². The normalized spacial score (nSPS) is 17.7. The average molecular weight is 782 g/mol. The van der Waals surface area contributed by atoms with E-state index in [-0.39, 0.29) is 43.8 Å². The van der Waals surface area contributed by atoms with E-state index in [9.17, 15) is 14.7 Å². The Kier molecular flexibility index (Phi) is 15.8. The largest absolute Gasteiger partial charge is 0.496 e. The first-order valence-electron chi connectivity index (χ1n) is 19.9. The van der Waals surface area contributed by atoms with Gasteiger partial charge >= 0.3 is 12.1 Å². The summed E-state index contributed by atoms with van der Waals surface area (Å²) in [5, 5.41) is 13.0. The summed E-state index contributed by atoms with van der Waals surface area (Å²) in [7, 11) is 1.66. The average Bonchev–Trinajstić information content (AvgIpc) is 3.25.